The highest BCUT2D eigenvalue weighted by atomic mass is 16.5. The van der Waals surface area contributed by atoms with Gasteiger partial charge in [-0.25, -0.2) is 9.36 Å². The molecule has 6 heteroatoms. The van der Waals surface area contributed by atoms with Gasteiger partial charge < -0.3 is 9.47 Å². The molecule has 0 radical (unpaired) electrons. The van der Waals surface area contributed by atoms with Crippen LogP contribution in [0, 0.1) is 0 Å². The molecule has 0 unspecified atom stereocenters. The minimum absolute atomic E-state index is 0.393. The summed E-state index contributed by atoms with van der Waals surface area (Å²) in [6.45, 7) is 0.785. The summed E-state index contributed by atoms with van der Waals surface area (Å²) in [7, 11) is 0. The molecular weight excluding hydrogens is 472 g/mol. The van der Waals surface area contributed by atoms with E-state index in [9.17, 15) is 0 Å². The highest BCUT2D eigenvalue weighted by Gasteiger charge is 2.23. The van der Waals surface area contributed by atoms with Crippen LogP contribution in [0.25, 0.3) is 44.8 Å². The summed E-state index contributed by atoms with van der Waals surface area (Å²) < 4.78 is 15.7. The summed E-state index contributed by atoms with van der Waals surface area (Å²) in [6.07, 6.45) is 3.97. The summed E-state index contributed by atoms with van der Waals surface area (Å²) in [6, 6.07) is 37.3. The molecular formula is C32H24N4O2. The van der Waals surface area contributed by atoms with Crippen molar-refractivity contribution < 1.29 is 9.47 Å². The number of benzene rings is 4. The Morgan fingerprint density at radius 1 is 0.474 bits per heavy atom. The van der Waals surface area contributed by atoms with Crippen LogP contribution in [0.4, 0.5) is 0 Å². The van der Waals surface area contributed by atoms with Crippen molar-refractivity contribution in [2.75, 3.05) is 13.2 Å². The van der Waals surface area contributed by atoms with Crippen molar-refractivity contribution >= 4 is 0 Å². The van der Waals surface area contributed by atoms with Gasteiger partial charge in [-0.3, -0.25) is 0 Å². The third-order valence-electron chi connectivity index (χ3n) is 6.65. The second-order valence-corrected chi connectivity index (χ2v) is 9.11. The molecule has 0 saturated heterocycles. The van der Waals surface area contributed by atoms with Crippen molar-refractivity contribution in [2.24, 2.45) is 0 Å². The van der Waals surface area contributed by atoms with Gasteiger partial charge in [0.2, 0.25) is 11.8 Å². The Labute approximate surface area is 220 Å². The summed E-state index contributed by atoms with van der Waals surface area (Å²) in [5, 5.41) is 9.59. The topological polar surface area (TPSA) is 54.1 Å². The fraction of sp³-hybridized carbons (Fsp3) is 0.0625. The van der Waals surface area contributed by atoms with E-state index in [0.29, 0.717) is 25.0 Å². The maximum atomic E-state index is 6.00. The van der Waals surface area contributed by atoms with E-state index in [4.69, 9.17) is 19.7 Å². The van der Waals surface area contributed by atoms with Gasteiger partial charge in [0.25, 0.3) is 0 Å². The molecule has 0 spiro atoms. The number of fused-ring (bicyclic) bond motifs is 3. The zero-order chi connectivity index (χ0) is 25.3. The van der Waals surface area contributed by atoms with Gasteiger partial charge in [0.1, 0.15) is 13.2 Å². The standard InChI is InChI=1S/C32H24N4O2/c1-3-9-23(10-4-1)25-13-7-15-27(19-25)35-21-29-30-22-36(34-32(30)38-18-17-37-31(29)33-35)28-16-8-14-26(20-28)24-11-5-2-6-12-24/h1-16,19-22H,17-18H2. The van der Waals surface area contributed by atoms with Gasteiger partial charge in [-0.1, -0.05) is 84.9 Å². The number of hydrogen-bond acceptors (Lipinski definition) is 4. The molecule has 3 heterocycles. The second kappa shape index (κ2) is 9.41. The van der Waals surface area contributed by atoms with E-state index in [-0.39, 0.29) is 0 Å². The minimum Gasteiger partial charge on any atom is -0.473 e. The molecule has 0 saturated carbocycles. The lowest BCUT2D eigenvalue weighted by Crippen LogP contribution is -2.12. The lowest BCUT2D eigenvalue weighted by molar-refractivity contribution is 0.203. The highest BCUT2D eigenvalue weighted by molar-refractivity contribution is 5.74. The average Bonchev–Trinajstić information content (AvgIpc) is 3.59. The quantitative estimate of drug-likeness (QED) is 0.268. The summed E-state index contributed by atoms with van der Waals surface area (Å²) in [5.41, 5.74) is 8.16. The van der Waals surface area contributed by atoms with Gasteiger partial charge in [0.15, 0.2) is 0 Å². The SMILES string of the molecule is c1ccc(-c2cccc(-n3cc4c(n3)OCCOc3nn(-c5cccc(-c6ccccc6)c5)cc3-4)c2)cc1. The van der Waals surface area contributed by atoms with Crippen molar-refractivity contribution in [3.05, 3.63) is 122 Å². The third kappa shape index (κ3) is 4.12. The second-order valence-electron chi connectivity index (χ2n) is 9.11. The lowest BCUT2D eigenvalue weighted by atomic mass is 10.1. The predicted octanol–water partition coefficient (Wildman–Crippen LogP) is 6.83. The summed E-state index contributed by atoms with van der Waals surface area (Å²) in [5.74, 6) is 1.13. The molecule has 4 aromatic carbocycles. The fourth-order valence-corrected chi connectivity index (χ4v) is 4.76. The van der Waals surface area contributed by atoms with Crippen molar-refractivity contribution in [3.63, 3.8) is 0 Å². The molecule has 7 rings (SSSR count). The molecule has 0 aliphatic carbocycles. The van der Waals surface area contributed by atoms with Gasteiger partial charge in [-0.2, -0.15) is 0 Å². The summed E-state index contributed by atoms with van der Waals surface area (Å²) >= 11 is 0. The minimum atomic E-state index is 0.393. The van der Waals surface area contributed by atoms with Crippen LogP contribution >= 0.6 is 0 Å². The Balaban J connectivity index is 1.28. The molecule has 184 valence electrons. The van der Waals surface area contributed by atoms with Crippen molar-refractivity contribution in [3.8, 4) is 56.5 Å². The molecule has 0 N–H and O–H groups in total. The molecule has 0 amide bonds. The lowest BCUT2D eigenvalue weighted by Gasteiger charge is -2.10. The first-order valence-electron chi connectivity index (χ1n) is 12.6. The van der Waals surface area contributed by atoms with Crippen molar-refractivity contribution in [1.29, 1.82) is 0 Å². The van der Waals surface area contributed by atoms with E-state index in [1.165, 1.54) is 0 Å². The number of nitrogens with zero attached hydrogens (tertiary/aromatic N) is 4. The van der Waals surface area contributed by atoms with Crippen LogP contribution in [0.5, 0.6) is 11.8 Å². The zero-order valence-electron chi connectivity index (χ0n) is 20.6. The van der Waals surface area contributed by atoms with E-state index in [1.54, 1.807) is 0 Å². The highest BCUT2D eigenvalue weighted by Crippen LogP contribution is 2.38. The molecule has 2 aromatic heterocycles. The van der Waals surface area contributed by atoms with Gasteiger partial charge >= 0.3 is 0 Å². The first-order valence-corrected chi connectivity index (χ1v) is 12.6. The van der Waals surface area contributed by atoms with Gasteiger partial charge in [0.05, 0.1) is 22.5 Å². The Bertz CT molecular complexity index is 1590. The van der Waals surface area contributed by atoms with Crippen LogP contribution in [0.3, 0.4) is 0 Å². The molecule has 0 fully saturated rings. The van der Waals surface area contributed by atoms with E-state index in [2.05, 4.69) is 48.5 Å². The molecule has 1 aliphatic rings. The van der Waals surface area contributed by atoms with Crippen LogP contribution in [0.2, 0.25) is 0 Å². The van der Waals surface area contributed by atoms with E-state index >= 15 is 0 Å². The van der Waals surface area contributed by atoms with Gasteiger partial charge in [-0.05, 0) is 46.5 Å². The molecule has 38 heavy (non-hydrogen) atoms. The first-order chi connectivity index (χ1) is 18.8. The van der Waals surface area contributed by atoms with Crippen LogP contribution in [-0.4, -0.2) is 32.8 Å². The zero-order valence-corrected chi connectivity index (χ0v) is 20.6. The number of hydrogen-bond donors (Lipinski definition) is 0. The first kappa shape index (κ1) is 22.1. The fourth-order valence-electron chi connectivity index (χ4n) is 4.76. The third-order valence-corrected chi connectivity index (χ3v) is 6.65. The van der Waals surface area contributed by atoms with E-state index in [0.717, 1.165) is 44.8 Å². The number of ether oxygens (including phenoxy) is 2. The van der Waals surface area contributed by atoms with Crippen LogP contribution in [-0.2, 0) is 0 Å². The van der Waals surface area contributed by atoms with E-state index in [1.807, 2.05) is 82.4 Å². The van der Waals surface area contributed by atoms with Crippen LogP contribution < -0.4 is 9.47 Å². The number of rotatable bonds is 4. The average molecular weight is 497 g/mol. The number of aromatic nitrogens is 4. The van der Waals surface area contributed by atoms with Crippen LogP contribution in [0.15, 0.2) is 122 Å². The van der Waals surface area contributed by atoms with Crippen LogP contribution in [0.1, 0.15) is 0 Å². The van der Waals surface area contributed by atoms with E-state index < -0.39 is 0 Å². The molecule has 0 bridgehead atoms. The normalized spacial score (nSPS) is 12.4. The smallest absolute Gasteiger partial charge is 0.241 e. The molecule has 6 nitrogen and oxygen atoms in total. The Morgan fingerprint density at radius 2 is 0.895 bits per heavy atom. The molecule has 6 aromatic rings. The maximum absolute atomic E-state index is 6.00. The molecule has 0 atom stereocenters. The molecule has 1 aliphatic heterocycles. The van der Waals surface area contributed by atoms with Crippen molar-refractivity contribution in [1.82, 2.24) is 19.6 Å². The Morgan fingerprint density at radius 3 is 1.34 bits per heavy atom. The van der Waals surface area contributed by atoms with Gasteiger partial charge in [-0.15, -0.1) is 10.2 Å². The predicted molar refractivity (Wildman–Crippen MR) is 148 cm³/mol. The monoisotopic (exact) mass is 496 g/mol. The van der Waals surface area contributed by atoms with Gasteiger partial charge in [0, 0.05) is 12.4 Å². The summed E-state index contributed by atoms with van der Waals surface area (Å²) in [4.78, 5) is 0. The Kier molecular flexibility index (Phi) is 5.48. The largest absolute Gasteiger partial charge is 0.473 e. The Hall–Kier alpha value is -5.10. The maximum Gasteiger partial charge on any atom is 0.241 e. The van der Waals surface area contributed by atoms with Crippen molar-refractivity contribution in [2.45, 2.75) is 0 Å².